The summed E-state index contributed by atoms with van der Waals surface area (Å²) in [5.74, 6) is 1.90. The van der Waals surface area contributed by atoms with Gasteiger partial charge in [0.05, 0.1) is 11.6 Å². The maximum atomic E-state index is 12.2. The predicted octanol–water partition coefficient (Wildman–Crippen LogP) is 6.03. The van der Waals surface area contributed by atoms with Crippen molar-refractivity contribution >= 4 is 51.3 Å². The molecular weight excluding hydrogens is 451 g/mol. The van der Waals surface area contributed by atoms with Crippen LogP contribution in [0.3, 0.4) is 0 Å². The van der Waals surface area contributed by atoms with E-state index in [1.54, 1.807) is 0 Å². The van der Waals surface area contributed by atoms with Crippen LogP contribution in [0.4, 0.5) is 0 Å². The van der Waals surface area contributed by atoms with Gasteiger partial charge in [0.15, 0.2) is 0 Å². The van der Waals surface area contributed by atoms with Gasteiger partial charge in [0.2, 0.25) is 5.91 Å². The molecule has 4 nitrogen and oxygen atoms in total. The minimum atomic E-state index is 0. The maximum absolute atomic E-state index is 12.2. The molecule has 0 N–H and O–H groups in total. The highest BCUT2D eigenvalue weighted by atomic mass is 35.5. The molecule has 1 saturated heterocycles. The topological polar surface area (TPSA) is 32.8 Å². The maximum Gasteiger partial charge on any atom is 0.222 e. The third-order valence-electron chi connectivity index (χ3n) is 6.47. The van der Waals surface area contributed by atoms with Gasteiger partial charge in [0.25, 0.3) is 0 Å². The van der Waals surface area contributed by atoms with Crippen LogP contribution in [0.1, 0.15) is 49.8 Å². The van der Waals surface area contributed by atoms with Crippen LogP contribution < -0.4 is 4.74 Å². The van der Waals surface area contributed by atoms with Crippen molar-refractivity contribution in [2.24, 2.45) is 5.92 Å². The molecule has 0 spiro atoms. The van der Waals surface area contributed by atoms with E-state index in [0.29, 0.717) is 17.9 Å². The normalized spacial score (nSPS) is 21.7. The Hall–Kier alpha value is -1.01. The summed E-state index contributed by atoms with van der Waals surface area (Å²) >= 11 is 8.59. The second kappa shape index (κ2) is 11.2. The van der Waals surface area contributed by atoms with Crippen LogP contribution in [0.2, 0.25) is 5.02 Å². The molecule has 2 aromatic rings. The zero-order valence-corrected chi connectivity index (χ0v) is 21.0. The van der Waals surface area contributed by atoms with Gasteiger partial charge in [-0.15, -0.1) is 23.7 Å². The molecule has 7 heteroatoms. The molecule has 1 saturated carbocycles. The zero-order chi connectivity index (χ0) is 21.1. The molecule has 1 aliphatic heterocycles. The monoisotopic (exact) mass is 484 g/mol. The lowest BCUT2D eigenvalue weighted by molar-refractivity contribution is -0.130. The van der Waals surface area contributed by atoms with E-state index in [0.717, 1.165) is 74.4 Å². The minimum absolute atomic E-state index is 0. The van der Waals surface area contributed by atoms with Crippen molar-refractivity contribution in [3.05, 3.63) is 28.1 Å². The van der Waals surface area contributed by atoms with Crippen molar-refractivity contribution < 1.29 is 9.53 Å². The summed E-state index contributed by atoms with van der Waals surface area (Å²) in [5, 5.41) is 2.05. The Bertz CT molecular complexity index is 886. The fourth-order valence-electron chi connectivity index (χ4n) is 4.94. The molecule has 1 aliphatic carbocycles. The summed E-state index contributed by atoms with van der Waals surface area (Å²) in [5.41, 5.74) is 0. The van der Waals surface area contributed by atoms with Crippen LogP contribution in [0.25, 0.3) is 10.1 Å². The highest BCUT2D eigenvalue weighted by Gasteiger charge is 2.32. The van der Waals surface area contributed by atoms with Crippen molar-refractivity contribution in [3.63, 3.8) is 0 Å². The second-order valence-corrected chi connectivity index (χ2v) is 10.6. The van der Waals surface area contributed by atoms with Crippen molar-refractivity contribution in [2.45, 2.75) is 57.4 Å². The lowest BCUT2D eigenvalue weighted by Gasteiger charge is -2.35. The molecule has 4 rings (SSSR count). The van der Waals surface area contributed by atoms with Crippen LogP contribution >= 0.6 is 35.3 Å². The third kappa shape index (κ3) is 6.07. The van der Waals surface area contributed by atoms with Crippen LogP contribution in [0.5, 0.6) is 5.75 Å². The highest BCUT2D eigenvalue weighted by Crippen LogP contribution is 2.41. The molecular formula is C24H34Cl2N2O2S. The number of halogens is 2. The second-order valence-electron chi connectivity index (χ2n) is 9.08. The summed E-state index contributed by atoms with van der Waals surface area (Å²) in [6.45, 7) is 2.72. The third-order valence-corrected chi connectivity index (χ3v) is 8.18. The van der Waals surface area contributed by atoms with Gasteiger partial charge in [-0.25, -0.2) is 0 Å². The number of amides is 1. The molecule has 1 amide bonds. The lowest BCUT2D eigenvalue weighted by Crippen LogP contribution is -2.39. The van der Waals surface area contributed by atoms with E-state index in [9.17, 15) is 4.79 Å². The van der Waals surface area contributed by atoms with E-state index in [1.165, 1.54) is 22.4 Å². The molecule has 172 valence electrons. The fraction of sp³-hybridized carbons (Fsp3) is 0.625. The number of carbonyl (C=O) groups is 1. The number of thiophene rings is 1. The first-order valence-corrected chi connectivity index (χ1v) is 12.5. The van der Waals surface area contributed by atoms with E-state index in [1.807, 2.05) is 17.4 Å². The smallest absolute Gasteiger partial charge is 0.222 e. The minimum Gasteiger partial charge on any atom is -0.493 e. The van der Waals surface area contributed by atoms with Crippen molar-refractivity contribution in [1.82, 2.24) is 9.80 Å². The number of fused-ring (bicyclic) bond motifs is 1. The fourth-order valence-corrected chi connectivity index (χ4v) is 6.59. The zero-order valence-electron chi connectivity index (χ0n) is 18.6. The lowest BCUT2D eigenvalue weighted by atomic mass is 9.83. The molecule has 31 heavy (non-hydrogen) atoms. The molecule has 0 bridgehead atoms. The Morgan fingerprint density at radius 3 is 2.84 bits per heavy atom. The summed E-state index contributed by atoms with van der Waals surface area (Å²) in [7, 11) is 4.16. The van der Waals surface area contributed by atoms with Gasteiger partial charge in [-0.3, -0.25) is 4.79 Å². The van der Waals surface area contributed by atoms with Gasteiger partial charge in [0.1, 0.15) is 5.75 Å². The van der Waals surface area contributed by atoms with Crippen molar-refractivity contribution in [1.29, 1.82) is 0 Å². The average molecular weight is 486 g/mol. The molecule has 2 fully saturated rings. The molecule has 2 unspecified atom stereocenters. The molecule has 2 heterocycles. The van der Waals surface area contributed by atoms with E-state index in [-0.39, 0.29) is 12.4 Å². The van der Waals surface area contributed by atoms with Gasteiger partial charge < -0.3 is 14.5 Å². The number of hydrogen-bond donors (Lipinski definition) is 0. The summed E-state index contributed by atoms with van der Waals surface area (Å²) < 4.78 is 7.15. The Kier molecular flexibility index (Phi) is 8.91. The van der Waals surface area contributed by atoms with Gasteiger partial charge in [-0.1, -0.05) is 18.0 Å². The van der Waals surface area contributed by atoms with Crippen molar-refractivity contribution in [2.75, 3.05) is 33.8 Å². The quantitative estimate of drug-likeness (QED) is 0.428. The van der Waals surface area contributed by atoms with Crippen LogP contribution in [-0.4, -0.2) is 55.5 Å². The molecule has 0 radical (unpaired) electrons. The Labute approximate surface area is 201 Å². The van der Waals surface area contributed by atoms with Gasteiger partial charge >= 0.3 is 0 Å². The average Bonchev–Trinajstić information content (AvgIpc) is 3.28. The van der Waals surface area contributed by atoms with Crippen LogP contribution in [0, 0.1) is 5.92 Å². The number of ether oxygens (including phenoxy) is 1. The Morgan fingerprint density at radius 1 is 1.26 bits per heavy atom. The first-order chi connectivity index (χ1) is 14.5. The van der Waals surface area contributed by atoms with Gasteiger partial charge in [-0.2, -0.15) is 0 Å². The predicted molar refractivity (Wildman–Crippen MR) is 133 cm³/mol. The molecule has 2 aliphatic rings. The summed E-state index contributed by atoms with van der Waals surface area (Å²) in [6, 6.07) is 6.72. The van der Waals surface area contributed by atoms with Gasteiger partial charge in [0, 0.05) is 40.5 Å². The van der Waals surface area contributed by atoms with E-state index in [4.69, 9.17) is 16.3 Å². The number of likely N-dealkylation sites (tertiary alicyclic amines) is 1. The largest absolute Gasteiger partial charge is 0.493 e. The number of hydrogen-bond acceptors (Lipinski definition) is 4. The SMILES string of the molecule is CN(C)CCCOc1ccc2c(Cl)c(CC3CCCC(N4CCCC4=O)C3)sc2c1.Cl. The summed E-state index contributed by atoms with van der Waals surface area (Å²) in [6.07, 6.45) is 8.55. The summed E-state index contributed by atoms with van der Waals surface area (Å²) in [4.78, 5) is 17.8. The molecule has 2 atom stereocenters. The first kappa shape index (κ1) is 24.6. The van der Waals surface area contributed by atoms with Crippen LogP contribution in [0.15, 0.2) is 18.2 Å². The molecule has 1 aromatic carbocycles. The number of nitrogens with zero attached hydrogens (tertiary/aromatic N) is 2. The van der Waals surface area contributed by atoms with Crippen LogP contribution in [-0.2, 0) is 11.2 Å². The Balaban J connectivity index is 0.00000272. The number of benzene rings is 1. The van der Waals surface area contributed by atoms with E-state index < -0.39 is 0 Å². The van der Waals surface area contributed by atoms with Gasteiger partial charge in [-0.05, 0) is 76.7 Å². The molecule has 1 aromatic heterocycles. The van der Waals surface area contributed by atoms with E-state index >= 15 is 0 Å². The first-order valence-electron chi connectivity index (χ1n) is 11.3. The number of carbonyl (C=O) groups excluding carboxylic acids is 1. The highest BCUT2D eigenvalue weighted by molar-refractivity contribution is 7.19. The van der Waals surface area contributed by atoms with Crippen molar-refractivity contribution in [3.8, 4) is 5.75 Å². The Morgan fingerprint density at radius 2 is 2.10 bits per heavy atom. The standard InChI is InChI=1S/C24H33ClN2O2S.ClH/c1-26(2)11-5-13-29-19-9-10-20-21(16-19)30-22(24(20)25)15-17-6-3-7-18(14-17)27-12-4-8-23(27)28;/h9-10,16-18H,3-8,11-15H2,1-2H3;1H. The van der Waals surface area contributed by atoms with E-state index in [2.05, 4.69) is 36.0 Å². The number of rotatable bonds is 8.